The first kappa shape index (κ1) is 19.4. The van der Waals surface area contributed by atoms with Crippen molar-refractivity contribution in [3.63, 3.8) is 0 Å². The molecule has 0 N–H and O–H groups in total. The standard InChI is InChI=1S/C19H18Cl2N2O4S/c1-2-27-14-6-3-12(4-7-14)22-17-10-28(25,26)11-18(17)23(19(22)24)13-5-8-15(20)16(21)9-13/h3-9,17-18H,2,10-11H2,1H3/t17-,18-/m0/s1. The molecule has 0 unspecified atom stereocenters. The van der Waals surface area contributed by atoms with Crippen LogP contribution in [0.2, 0.25) is 10.0 Å². The van der Waals surface area contributed by atoms with Gasteiger partial charge in [0.1, 0.15) is 5.75 Å². The third-order valence-electron chi connectivity index (χ3n) is 4.98. The number of benzene rings is 2. The van der Waals surface area contributed by atoms with Crippen LogP contribution in [0.25, 0.3) is 0 Å². The molecule has 2 aliphatic heterocycles. The second-order valence-electron chi connectivity index (χ2n) is 6.76. The van der Waals surface area contributed by atoms with Crippen molar-refractivity contribution in [2.45, 2.75) is 19.0 Å². The summed E-state index contributed by atoms with van der Waals surface area (Å²) in [6.07, 6.45) is 0. The molecule has 2 atom stereocenters. The molecule has 2 aromatic rings. The maximum Gasteiger partial charge on any atom is 0.329 e. The summed E-state index contributed by atoms with van der Waals surface area (Å²) in [5.41, 5.74) is 1.16. The van der Waals surface area contributed by atoms with Crippen LogP contribution in [0.3, 0.4) is 0 Å². The summed E-state index contributed by atoms with van der Waals surface area (Å²) in [7, 11) is -3.27. The molecule has 2 saturated heterocycles. The molecule has 9 heteroatoms. The van der Waals surface area contributed by atoms with E-state index in [0.717, 1.165) is 0 Å². The van der Waals surface area contributed by atoms with Gasteiger partial charge in [-0.3, -0.25) is 9.80 Å². The van der Waals surface area contributed by atoms with Crippen LogP contribution in [0.5, 0.6) is 5.75 Å². The largest absolute Gasteiger partial charge is 0.494 e. The Bertz CT molecular complexity index is 1030. The van der Waals surface area contributed by atoms with E-state index in [-0.39, 0.29) is 17.5 Å². The van der Waals surface area contributed by atoms with Crippen LogP contribution < -0.4 is 14.5 Å². The number of fused-ring (bicyclic) bond motifs is 1. The minimum Gasteiger partial charge on any atom is -0.494 e. The molecule has 6 nitrogen and oxygen atoms in total. The Balaban J connectivity index is 1.75. The van der Waals surface area contributed by atoms with Crippen molar-refractivity contribution in [2.75, 3.05) is 27.9 Å². The molecule has 2 aliphatic rings. The second kappa shape index (κ2) is 7.13. The van der Waals surface area contributed by atoms with Crippen LogP contribution in [-0.4, -0.2) is 44.6 Å². The number of ether oxygens (including phenoxy) is 1. The zero-order valence-corrected chi connectivity index (χ0v) is 17.3. The number of anilines is 2. The van der Waals surface area contributed by atoms with E-state index < -0.39 is 21.9 Å². The molecule has 28 heavy (non-hydrogen) atoms. The first-order valence-corrected chi connectivity index (χ1v) is 11.4. The van der Waals surface area contributed by atoms with Gasteiger partial charge in [-0.2, -0.15) is 0 Å². The number of carbonyl (C=O) groups is 1. The van der Waals surface area contributed by atoms with Gasteiger partial charge >= 0.3 is 6.03 Å². The van der Waals surface area contributed by atoms with Crippen LogP contribution in [0.4, 0.5) is 16.2 Å². The van der Waals surface area contributed by atoms with Gasteiger partial charge in [0, 0.05) is 11.4 Å². The summed E-state index contributed by atoms with van der Waals surface area (Å²) in [5, 5.41) is 0.680. The highest BCUT2D eigenvalue weighted by atomic mass is 35.5. The van der Waals surface area contributed by atoms with E-state index in [0.29, 0.717) is 33.8 Å². The molecule has 2 aromatic carbocycles. The molecule has 148 valence electrons. The second-order valence-corrected chi connectivity index (χ2v) is 9.73. The first-order chi connectivity index (χ1) is 13.3. The van der Waals surface area contributed by atoms with Crippen LogP contribution >= 0.6 is 23.2 Å². The molecule has 0 aliphatic carbocycles. The van der Waals surface area contributed by atoms with Crippen molar-refractivity contribution in [3.05, 3.63) is 52.5 Å². The highest BCUT2D eigenvalue weighted by molar-refractivity contribution is 7.91. The van der Waals surface area contributed by atoms with E-state index in [2.05, 4.69) is 0 Å². The lowest BCUT2D eigenvalue weighted by atomic mass is 10.1. The lowest BCUT2D eigenvalue weighted by Gasteiger charge is -2.23. The Hall–Kier alpha value is -1.96. The molecular formula is C19H18Cl2N2O4S. The predicted molar refractivity (Wildman–Crippen MR) is 111 cm³/mol. The Morgan fingerprint density at radius 2 is 1.54 bits per heavy atom. The van der Waals surface area contributed by atoms with Gasteiger partial charge in [-0.1, -0.05) is 23.2 Å². The number of nitrogens with zero attached hydrogens (tertiary/aromatic N) is 2. The van der Waals surface area contributed by atoms with Crippen molar-refractivity contribution >= 4 is 50.4 Å². The van der Waals surface area contributed by atoms with Crippen molar-refractivity contribution in [2.24, 2.45) is 0 Å². The van der Waals surface area contributed by atoms with Gasteiger partial charge in [0.25, 0.3) is 0 Å². The lowest BCUT2D eigenvalue weighted by molar-refractivity contribution is 0.255. The Kier molecular flexibility index (Phi) is 4.93. The van der Waals surface area contributed by atoms with E-state index >= 15 is 0 Å². The van der Waals surface area contributed by atoms with Crippen LogP contribution in [0.15, 0.2) is 42.5 Å². The Morgan fingerprint density at radius 3 is 2.11 bits per heavy atom. The van der Waals surface area contributed by atoms with Crippen LogP contribution in [0.1, 0.15) is 6.92 Å². The van der Waals surface area contributed by atoms with E-state index in [9.17, 15) is 13.2 Å². The number of hydrogen-bond donors (Lipinski definition) is 0. The maximum absolute atomic E-state index is 13.3. The summed E-state index contributed by atoms with van der Waals surface area (Å²) < 4.78 is 30.1. The summed E-state index contributed by atoms with van der Waals surface area (Å²) in [4.78, 5) is 16.3. The number of carbonyl (C=O) groups excluding carboxylic acids is 1. The van der Waals surface area contributed by atoms with Gasteiger partial charge in [0.2, 0.25) is 0 Å². The van der Waals surface area contributed by atoms with Gasteiger partial charge < -0.3 is 4.74 Å². The van der Waals surface area contributed by atoms with Gasteiger partial charge in [0.15, 0.2) is 9.84 Å². The quantitative estimate of drug-likeness (QED) is 0.673. The molecule has 2 heterocycles. The summed E-state index contributed by atoms with van der Waals surface area (Å²) in [6, 6.07) is 10.7. The highest BCUT2D eigenvalue weighted by Crippen LogP contribution is 2.39. The van der Waals surface area contributed by atoms with Crippen molar-refractivity contribution in [1.29, 1.82) is 0 Å². The molecule has 2 amide bonds. The summed E-state index contributed by atoms with van der Waals surface area (Å²) >= 11 is 12.1. The molecule has 0 spiro atoms. The Labute approximate surface area is 173 Å². The average molecular weight is 441 g/mol. The topological polar surface area (TPSA) is 66.9 Å². The maximum atomic E-state index is 13.3. The van der Waals surface area contributed by atoms with E-state index in [1.54, 1.807) is 47.4 Å². The smallest absolute Gasteiger partial charge is 0.329 e. The molecule has 2 fully saturated rings. The van der Waals surface area contributed by atoms with Crippen molar-refractivity contribution in [1.82, 2.24) is 0 Å². The fourth-order valence-electron chi connectivity index (χ4n) is 3.81. The zero-order chi connectivity index (χ0) is 20.1. The van der Waals surface area contributed by atoms with Gasteiger partial charge in [0.05, 0.1) is 40.2 Å². The molecular weight excluding hydrogens is 423 g/mol. The summed E-state index contributed by atoms with van der Waals surface area (Å²) in [6.45, 7) is 2.43. The normalized spacial score (nSPS) is 23.2. The SMILES string of the molecule is CCOc1ccc(N2C(=O)N(c3ccc(Cl)c(Cl)c3)[C@H]3CS(=O)(=O)C[C@@H]32)cc1. The molecule has 0 bridgehead atoms. The van der Waals surface area contributed by atoms with E-state index in [1.807, 2.05) is 6.92 Å². The number of amides is 2. The minimum absolute atomic E-state index is 0.0750. The van der Waals surface area contributed by atoms with Crippen molar-refractivity contribution in [3.8, 4) is 5.75 Å². The third kappa shape index (κ3) is 3.32. The van der Waals surface area contributed by atoms with E-state index in [4.69, 9.17) is 27.9 Å². The lowest BCUT2D eigenvalue weighted by Crippen LogP contribution is -2.37. The number of sulfone groups is 1. The third-order valence-corrected chi connectivity index (χ3v) is 7.41. The number of urea groups is 1. The predicted octanol–water partition coefficient (Wildman–Crippen LogP) is 4.00. The average Bonchev–Trinajstić information content (AvgIpc) is 3.07. The fourth-order valence-corrected chi connectivity index (χ4v) is 6.02. The molecule has 0 aromatic heterocycles. The fraction of sp³-hybridized carbons (Fsp3) is 0.316. The minimum atomic E-state index is -3.27. The monoisotopic (exact) mass is 440 g/mol. The number of hydrogen-bond acceptors (Lipinski definition) is 4. The Morgan fingerprint density at radius 1 is 0.964 bits per heavy atom. The van der Waals surface area contributed by atoms with Crippen LogP contribution in [-0.2, 0) is 9.84 Å². The summed E-state index contributed by atoms with van der Waals surface area (Å²) in [5.74, 6) is 0.529. The van der Waals surface area contributed by atoms with Gasteiger partial charge in [-0.05, 0) is 49.4 Å². The van der Waals surface area contributed by atoms with Gasteiger partial charge in [-0.25, -0.2) is 13.2 Å². The van der Waals surface area contributed by atoms with Crippen LogP contribution in [0, 0.1) is 0 Å². The molecule has 0 radical (unpaired) electrons. The molecule has 4 rings (SSSR count). The number of rotatable bonds is 4. The van der Waals surface area contributed by atoms with E-state index in [1.165, 1.54) is 4.90 Å². The highest BCUT2D eigenvalue weighted by Gasteiger charge is 2.54. The number of halogens is 2. The molecule has 0 saturated carbocycles. The van der Waals surface area contributed by atoms with Crippen molar-refractivity contribution < 1.29 is 17.9 Å². The zero-order valence-electron chi connectivity index (χ0n) is 15.0. The first-order valence-electron chi connectivity index (χ1n) is 8.81. The van der Waals surface area contributed by atoms with Gasteiger partial charge in [-0.15, -0.1) is 0 Å².